The highest BCUT2D eigenvalue weighted by Gasteiger charge is 2.33. The van der Waals surface area contributed by atoms with Crippen LogP contribution in [0.4, 0.5) is 0 Å². The Kier molecular flexibility index (Phi) is 4.01. The van der Waals surface area contributed by atoms with Crippen LogP contribution >= 0.6 is 0 Å². The molecule has 6 heteroatoms. The van der Waals surface area contributed by atoms with Crippen LogP contribution in [0.1, 0.15) is 47.5 Å². The van der Waals surface area contributed by atoms with Crippen molar-refractivity contribution in [2.45, 2.75) is 38.3 Å². The van der Waals surface area contributed by atoms with Crippen molar-refractivity contribution in [1.29, 1.82) is 0 Å². The Labute approximate surface area is 157 Å². The van der Waals surface area contributed by atoms with Crippen LogP contribution in [0.25, 0.3) is 10.9 Å². The number of hydrogen-bond donors (Lipinski definition) is 2. The van der Waals surface area contributed by atoms with Gasteiger partial charge in [0.05, 0.1) is 0 Å². The monoisotopic (exact) mass is 364 g/mol. The molecule has 2 aliphatic rings. The lowest BCUT2D eigenvalue weighted by Gasteiger charge is -2.16. The van der Waals surface area contributed by atoms with E-state index in [1.165, 1.54) is 16.5 Å². The molecule has 1 saturated heterocycles. The zero-order chi connectivity index (χ0) is 18.4. The van der Waals surface area contributed by atoms with E-state index >= 15 is 0 Å². The van der Waals surface area contributed by atoms with Gasteiger partial charge in [0.25, 0.3) is 5.91 Å². The minimum atomic E-state index is -0.128. The third-order valence-corrected chi connectivity index (χ3v) is 5.81. The highest BCUT2D eigenvalue weighted by Crippen LogP contribution is 2.40. The molecule has 0 bridgehead atoms. The van der Waals surface area contributed by atoms with Crippen LogP contribution in [0, 0.1) is 5.92 Å². The van der Waals surface area contributed by atoms with E-state index in [2.05, 4.69) is 51.7 Å². The number of benzene rings is 1. The van der Waals surface area contributed by atoms with Crippen LogP contribution in [0.5, 0.6) is 0 Å². The Balaban J connectivity index is 1.23. The summed E-state index contributed by atoms with van der Waals surface area (Å²) in [6.45, 7) is 4.89. The molecule has 1 amide bonds. The predicted molar refractivity (Wildman–Crippen MR) is 102 cm³/mol. The third-order valence-electron chi connectivity index (χ3n) is 5.81. The van der Waals surface area contributed by atoms with Crippen molar-refractivity contribution in [3.8, 4) is 0 Å². The first-order valence-corrected chi connectivity index (χ1v) is 9.72. The predicted octanol–water partition coefficient (Wildman–Crippen LogP) is 3.28. The number of carbonyl (C=O) groups excluding carboxylic acids is 1. The van der Waals surface area contributed by atoms with E-state index in [1.54, 1.807) is 6.07 Å². The van der Waals surface area contributed by atoms with Crippen LogP contribution in [0.2, 0.25) is 0 Å². The summed E-state index contributed by atoms with van der Waals surface area (Å²) in [5.41, 5.74) is 2.87. The number of rotatable bonds is 5. The fourth-order valence-corrected chi connectivity index (χ4v) is 4.09. The summed E-state index contributed by atoms with van der Waals surface area (Å²) in [5, 5.41) is 8.38. The first-order valence-electron chi connectivity index (χ1n) is 9.72. The van der Waals surface area contributed by atoms with Crippen LogP contribution < -0.4 is 5.32 Å². The number of likely N-dealkylation sites (tertiary alicyclic amines) is 1. The van der Waals surface area contributed by atoms with Gasteiger partial charge in [0.1, 0.15) is 5.76 Å². The molecule has 2 aromatic heterocycles. The SMILES string of the molecule is C[C@@H]1CN(Cc2c[nH]c3ccccc23)C[C@@H]1NC(=O)c1cc(C2CC2)on1. The Morgan fingerprint density at radius 3 is 3.04 bits per heavy atom. The smallest absolute Gasteiger partial charge is 0.273 e. The van der Waals surface area contributed by atoms with E-state index < -0.39 is 0 Å². The van der Waals surface area contributed by atoms with Gasteiger partial charge in [0.15, 0.2) is 5.69 Å². The molecule has 3 aromatic rings. The lowest BCUT2D eigenvalue weighted by Crippen LogP contribution is -2.39. The summed E-state index contributed by atoms with van der Waals surface area (Å²) < 4.78 is 5.31. The molecule has 1 saturated carbocycles. The molecule has 2 atom stereocenters. The standard InChI is InChI=1S/C21H24N4O2/c1-13-10-25(11-15-9-22-17-5-3-2-4-16(15)17)12-19(13)23-21(26)18-8-20(27-24-18)14-6-7-14/h2-5,8-9,13-14,19,22H,6-7,10-12H2,1H3,(H,23,26)/t13-,19+/m1/s1. The Morgan fingerprint density at radius 1 is 1.33 bits per heavy atom. The van der Waals surface area contributed by atoms with Crippen molar-refractivity contribution < 1.29 is 9.32 Å². The summed E-state index contributed by atoms with van der Waals surface area (Å²) >= 11 is 0. The second-order valence-corrected chi connectivity index (χ2v) is 8.00. The maximum absolute atomic E-state index is 12.5. The molecule has 2 fully saturated rings. The lowest BCUT2D eigenvalue weighted by atomic mass is 10.1. The number of H-pyrrole nitrogens is 1. The number of nitrogens with zero attached hydrogens (tertiary/aromatic N) is 2. The first-order chi connectivity index (χ1) is 13.2. The number of amides is 1. The molecule has 140 valence electrons. The van der Waals surface area contributed by atoms with Gasteiger partial charge in [0, 0.05) is 54.8 Å². The number of aromatic amines is 1. The van der Waals surface area contributed by atoms with Gasteiger partial charge in [-0.25, -0.2) is 0 Å². The van der Waals surface area contributed by atoms with E-state index in [1.807, 2.05) is 6.07 Å². The van der Waals surface area contributed by atoms with Crippen LogP contribution in [-0.2, 0) is 6.54 Å². The summed E-state index contributed by atoms with van der Waals surface area (Å²) in [4.78, 5) is 18.3. The van der Waals surface area contributed by atoms with Gasteiger partial charge < -0.3 is 14.8 Å². The topological polar surface area (TPSA) is 74.2 Å². The minimum absolute atomic E-state index is 0.128. The maximum Gasteiger partial charge on any atom is 0.273 e. The second kappa shape index (κ2) is 6.53. The molecule has 1 aromatic carbocycles. The second-order valence-electron chi connectivity index (χ2n) is 8.00. The molecule has 0 spiro atoms. The molecule has 5 rings (SSSR count). The van der Waals surface area contributed by atoms with Crippen molar-refractivity contribution in [2.24, 2.45) is 5.92 Å². The number of fused-ring (bicyclic) bond motifs is 1. The number of hydrogen-bond acceptors (Lipinski definition) is 4. The quantitative estimate of drug-likeness (QED) is 0.729. The summed E-state index contributed by atoms with van der Waals surface area (Å²) in [6.07, 6.45) is 4.37. The average molecular weight is 364 g/mol. The normalized spacial score (nSPS) is 23.1. The highest BCUT2D eigenvalue weighted by molar-refractivity contribution is 5.92. The molecule has 6 nitrogen and oxygen atoms in total. The molecule has 0 radical (unpaired) electrons. The van der Waals surface area contributed by atoms with Gasteiger partial charge >= 0.3 is 0 Å². The van der Waals surface area contributed by atoms with Crippen molar-refractivity contribution in [3.05, 3.63) is 53.5 Å². The van der Waals surface area contributed by atoms with Gasteiger partial charge in [-0.15, -0.1) is 0 Å². The summed E-state index contributed by atoms with van der Waals surface area (Å²) in [6, 6.07) is 10.3. The zero-order valence-corrected chi connectivity index (χ0v) is 15.4. The fraction of sp³-hybridized carbons (Fsp3) is 0.429. The van der Waals surface area contributed by atoms with Gasteiger partial charge in [0.2, 0.25) is 0 Å². The Hall–Kier alpha value is -2.60. The molecule has 1 aliphatic carbocycles. The molecule has 1 aliphatic heterocycles. The van der Waals surface area contributed by atoms with Gasteiger partial charge in [-0.3, -0.25) is 9.69 Å². The molecule has 27 heavy (non-hydrogen) atoms. The van der Waals surface area contributed by atoms with Gasteiger partial charge in [-0.2, -0.15) is 0 Å². The molecule has 3 heterocycles. The number of para-hydroxylation sites is 1. The van der Waals surface area contributed by atoms with Crippen LogP contribution in [0.15, 0.2) is 41.1 Å². The van der Waals surface area contributed by atoms with Crippen molar-refractivity contribution in [1.82, 2.24) is 20.4 Å². The highest BCUT2D eigenvalue weighted by atomic mass is 16.5. The number of carbonyl (C=O) groups is 1. The third kappa shape index (κ3) is 3.25. The Morgan fingerprint density at radius 2 is 2.19 bits per heavy atom. The molecule has 2 N–H and O–H groups in total. The minimum Gasteiger partial charge on any atom is -0.361 e. The summed E-state index contributed by atoms with van der Waals surface area (Å²) in [5.74, 6) is 1.59. The fourth-order valence-electron chi connectivity index (χ4n) is 4.09. The van der Waals surface area contributed by atoms with E-state index in [-0.39, 0.29) is 11.9 Å². The first kappa shape index (κ1) is 16.6. The van der Waals surface area contributed by atoms with Crippen LogP contribution in [0.3, 0.4) is 0 Å². The van der Waals surface area contributed by atoms with Gasteiger partial charge in [-0.1, -0.05) is 30.3 Å². The van der Waals surface area contributed by atoms with Gasteiger partial charge in [-0.05, 0) is 30.4 Å². The Bertz CT molecular complexity index is 971. The van der Waals surface area contributed by atoms with E-state index in [9.17, 15) is 4.79 Å². The van der Waals surface area contributed by atoms with Crippen molar-refractivity contribution >= 4 is 16.8 Å². The summed E-state index contributed by atoms with van der Waals surface area (Å²) in [7, 11) is 0. The average Bonchev–Trinajstić information content (AvgIpc) is 3.11. The number of aromatic nitrogens is 2. The lowest BCUT2D eigenvalue weighted by molar-refractivity contribution is 0.0922. The largest absolute Gasteiger partial charge is 0.361 e. The van der Waals surface area contributed by atoms with E-state index in [0.717, 1.165) is 38.2 Å². The van der Waals surface area contributed by atoms with Crippen molar-refractivity contribution in [2.75, 3.05) is 13.1 Å². The van der Waals surface area contributed by atoms with Crippen molar-refractivity contribution in [3.63, 3.8) is 0 Å². The zero-order valence-electron chi connectivity index (χ0n) is 15.4. The molecular weight excluding hydrogens is 340 g/mol. The van der Waals surface area contributed by atoms with E-state index in [0.29, 0.717) is 17.5 Å². The van der Waals surface area contributed by atoms with E-state index in [4.69, 9.17) is 4.52 Å². The molecule has 0 unspecified atom stereocenters. The maximum atomic E-state index is 12.5. The number of nitrogens with one attached hydrogen (secondary N) is 2. The molecular formula is C21H24N4O2. The van der Waals surface area contributed by atoms with Crippen LogP contribution in [-0.4, -0.2) is 40.1 Å².